The van der Waals surface area contributed by atoms with Crippen molar-refractivity contribution in [2.75, 3.05) is 31.7 Å². The van der Waals surface area contributed by atoms with Gasteiger partial charge >= 0.3 is 0 Å². The molecule has 0 spiro atoms. The summed E-state index contributed by atoms with van der Waals surface area (Å²) < 4.78 is 49.2. The predicted molar refractivity (Wildman–Crippen MR) is 114 cm³/mol. The van der Waals surface area contributed by atoms with Crippen molar-refractivity contribution in [1.82, 2.24) is 5.48 Å². The maximum atomic E-state index is 15.0. The molecule has 31 heavy (non-hydrogen) atoms. The number of ether oxygens (including phenoxy) is 1. The van der Waals surface area contributed by atoms with E-state index < -0.39 is 17.5 Å². The summed E-state index contributed by atoms with van der Waals surface area (Å²) in [7, 11) is 0. The fourth-order valence-electron chi connectivity index (χ4n) is 2.64. The van der Waals surface area contributed by atoms with Gasteiger partial charge in [0, 0.05) is 30.2 Å². The standard InChI is InChI=1S/C22H28F3N3O3/c1-13-4-5-19(18(23)8-13)27-22-17(15(3)28-31-11-14(2)10-29)9-16(12-30-7-6-26)20(24)21(22)25/h4-5,8-9,14,27-29H,3,6-7,10-12,26H2,1-2H3. The van der Waals surface area contributed by atoms with Crippen LogP contribution in [-0.2, 0) is 16.2 Å². The molecule has 0 fully saturated rings. The molecule has 0 amide bonds. The number of benzene rings is 2. The summed E-state index contributed by atoms with van der Waals surface area (Å²) in [5.74, 6) is -3.11. The molecule has 0 saturated carbocycles. The molecule has 170 valence electrons. The zero-order chi connectivity index (χ0) is 23.0. The number of aliphatic hydroxyl groups excluding tert-OH is 1. The van der Waals surface area contributed by atoms with E-state index in [4.69, 9.17) is 20.4 Å². The lowest BCUT2D eigenvalue weighted by Crippen LogP contribution is -2.20. The first-order chi connectivity index (χ1) is 14.8. The number of aryl methyl sites for hydroxylation is 1. The Morgan fingerprint density at radius 2 is 1.97 bits per heavy atom. The van der Waals surface area contributed by atoms with Crippen LogP contribution in [0.2, 0.25) is 0 Å². The van der Waals surface area contributed by atoms with E-state index in [1.54, 1.807) is 19.9 Å². The summed E-state index contributed by atoms with van der Waals surface area (Å²) in [6.07, 6.45) is 0. The van der Waals surface area contributed by atoms with Gasteiger partial charge in [-0.15, -0.1) is 0 Å². The monoisotopic (exact) mass is 439 g/mol. The molecule has 1 unspecified atom stereocenters. The molecule has 6 nitrogen and oxygen atoms in total. The van der Waals surface area contributed by atoms with E-state index in [-0.39, 0.29) is 67.1 Å². The largest absolute Gasteiger partial charge is 0.396 e. The van der Waals surface area contributed by atoms with E-state index in [1.165, 1.54) is 18.2 Å². The number of hydrogen-bond acceptors (Lipinski definition) is 6. The summed E-state index contributed by atoms with van der Waals surface area (Å²) in [5, 5.41) is 11.7. The summed E-state index contributed by atoms with van der Waals surface area (Å²) in [4.78, 5) is 5.28. The fraction of sp³-hybridized carbons (Fsp3) is 0.364. The average molecular weight is 439 g/mol. The van der Waals surface area contributed by atoms with Crippen LogP contribution in [0.5, 0.6) is 0 Å². The van der Waals surface area contributed by atoms with Crippen molar-refractivity contribution in [2.45, 2.75) is 20.5 Å². The molecular weight excluding hydrogens is 411 g/mol. The van der Waals surface area contributed by atoms with E-state index in [0.717, 1.165) is 0 Å². The second-order valence-corrected chi connectivity index (χ2v) is 7.22. The number of nitrogens with one attached hydrogen (secondary N) is 2. The number of halogens is 3. The lowest BCUT2D eigenvalue weighted by atomic mass is 10.0. The van der Waals surface area contributed by atoms with Gasteiger partial charge in [0.1, 0.15) is 5.82 Å². The van der Waals surface area contributed by atoms with Gasteiger partial charge < -0.3 is 20.9 Å². The summed E-state index contributed by atoms with van der Waals surface area (Å²) in [6.45, 7) is 7.56. The predicted octanol–water partition coefficient (Wildman–Crippen LogP) is 3.75. The van der Waals surface area contributed by atoms with Gasteiger partial charge in [-0.05, 0) is 30.7 Å². The van der Waals surface area contributed by atoms with Crippen molar-refractivity contribution in [3.8, 4) is 0 Å². The molecule has 5 N–H and O–H groups in total. The first-order valence-corrected chi connectivity index (χ1v) is 9.78. The molecule has 9 heteroatoms. The van der Waals surface area contributed by atoms with Crippen LogP contribution in [0.3, 0.4) is 0 Å². The van der Waals surface area contributed by atoms with Gasteiger partial charge in [-0.1, -0.05) is 19.6 Å². The van der Waals surface area contributed by atoms with Gasteiger partial charge in [0.05, 0.1) is 36.9 Å². The van der Waals surface area contributed by atoms with Crippen LogP contribution < -0.4 is 16.5 Å². The average Bonchev–Trinajstić information content (AvgIpc) is 2.74. The molecule has 0 bridgehead atoms. The molecular formula is C22H28F3N3O3. The number of nitrogens with two attached hydrogens (primary N) is 1. The van der Waals surface area contributed by atoms with Gasteiger partial charge in [-0.2, -0.15) is 0 Å². The topological polar surface area (TPSA) is 88.8 Å². The smallest absolute Gasteiger partial charge is 0.183 e. The van der Waals surface area contributed by atoms with E-state index in [9.17, 15) is 8.78 Å². The van der Waals surface area contributed by atoms with Crippen LogP contribution in [0.4, 0.5) is 24.5 Å². The molecule has 0 aromatic heterocycles. The zero-order valence-electron chi connectivity index (χ0n) is 17.6. The lowest BCUT2D eigenvalue weighted by molar-refractivity contribution is 0.0377. The van der Waals surface area contributed by atoms with Gasteiger partial charge in [0.15, 0.2) is 11.6 Å². The third-order valence-electron chi connectivity index (χ3n) is 4.39. The van der Waals surface area contributed by atoms with Crippen LogP contribution in [0.1, 0.15) is 23.6 Å². The zero-order valence-corrected chi connectivity index (χ0v) is 17.6. The number of aliphatic hydroxyl groups is 1. The Labute approximate surface area is 179 Å². The van der Waals surface area contributed by atoms with Crippen molar-refractivity contribution < 1.29 is 27.9 Å². The molecule has 0 aliphatic carbocycles. The fourth-order valence-corrected chi connectivity index (χ4v) is 2.64. The lowest BCUT2D eigenvalue weighted by Gasteiger charge is -2.19. The van der Waals surface area contributed by atoms with E-state index in [0.29, 0.717) is 5.56 Å². The Morgan fingerprint density at radius 1 is 1.23 bits per heavy atom. The van der Waals surface area contributed by atoms with Crippen LogP contribution in [0, 0.1) is 30.3 Å². The second-order valence-electron chi connectivity index (χ2n) is 7.22. The van der Waals surface area contributed by atoms with Crippen molar-refractivity contribution in [2.24, 2.45) is 11.7 Å². The summed E-state index contributed by atoms with van der Waals surface area (Å²) in [5.41, 5.74) is 8.46. The highest BCUT2D eigenvalue weighted by molar-refractivity contribution is 5.78. The van der Waals surface area contributed by atoms with Crippen molar-refractivity contribution in [1.29, 1.82) is 0 Å². The molecule has 0 radical (unpaired) electrons. The molecule has 1 atom stereocenters. The van der Waals surface area contributed by atoms with E-state index in [2.05, 4.69) is 17.4 Å². The van der Waals surface area contributed by atoms with Gasteiger partial charge in [0.25, 0.3) is 0 Å². The quantitative estimate of drug-likeness (QED) is 0.298. The summed E-state index contributed by atoms with van der Waals surface area (Å²) in [6, 6.07) is 5.69. The Morgan fingerprint density at radius 3 is 2.61 bits per heavy atom. The molecule has 0 aliphatic rings. The number of hydrogen-bond donors (Lipinski definition) is 4. The van der Waals surface area contributed by atoms with Crippen LogP contribution in [0.15, 0.2) is 30.8 Å². The van der Waals surface area contributed by atoms with Gasteiger partial charge in [-0.25, -0.2) is 13.2 Å². The molecule has 0 saturated heterocycles. The third-order valence-corrected chi connectivity index (χ3v) is 4.39. The maximum absolute atomic E-state index is 15.0. The van der Waals surface area contributed by atoms with Crippen LogP contribution in [0.25, 0.3) is 5.70 Å². The highest BCUT2D eigenvalue weighted by Gasteiger charge is 2.21. The normalized spacial score (nSPS) is 12.0. The minimum atomic E-state index is -1.21. The van der Waals surface area contributed by atoms with Crippen molar-refractivity contribution in [3.63, 3.8) is 0 Å². The maximum Gasteiger partial charge on any atom is 0.183 e. The third kappa shape index (κ3) is 6.70. The van der Waals surface area contributed by atoms with Crippen molar-refractivity contribution in [3.05, 3.63) is 65.0 Å². The molecule has 2 aromatic carbocycles. The van der Waals surface area contributed by atoms with Gasteiger partial charge in [-0.3, -0.25) is 10.3 Å². The second kappa shape index (κ2) is 11.7. The Kier molecular flexibility index (Phi) is 9.32. The Hall–Kier alpha value is -2.59. The number of anilines is 2. The molecule has 0 heterocycles. The summed E-state index contributed by atoms with van der Waals surface area (Å²) >= 11 is 0. The highest BCUT2D eigenvalue weighted by Crippen LogP contribution is 2.33. The Balaban J connectivity index is 2.40. The molecule has 2 rings (SSSR count). The molecule has 2 aromatic rings. The number of hydroxylamine groups is 1. The van der Waals surface area contributed by atoms with E-state index in [1.807, 2.05) is 0 Å². The van der Waals surface area contributed by atoms with Gasteiger partial charge in [0.2, 0.25) is 0 Å². The number of rotatable bonds is 12. The highest BCUT2D eigenvalue weighted by atomic mass is 19.2. The van der Waals surface area contributed by atoms with Crippen LogP contribution in [-0.4, -0.2) is 31.5 Å². The van der Waals surface area contributed by atoms with Crippen LogP contribution >= 0.6 is 0 Å². The first kappa shape index (κ1) is 24.7. The van der Waals surface area contributed by atoms with E-state index >= 15 is 4.39 Å². The molecule has 0 aliphatic heterocycles. The minimum Gasteiger partial charge on any atom is -0.396 e. The SMILES string of the molecule is C=C(NOCC(C)CO)c1cc(COCCN)c(F)c(F)c1Nc1ccc(C)cc1F. The first-order valence-electron chi connectivity index (χ1n) is 9.78. The minimum absolute atomic E-state index is 0.0279. The van der Waals surface area contributed by atoms with Crippen molar-refractivity contribution >= 4 is 17.1 Å². The Bertz CT molecular complexity index is 909.